The van der Waals surface area contributed by atoms with E-state index < -0.39 is 0 Å². The predicted octanol–water partition coefficient (Wildman–Crippen LogP) is 0.132. The summed E-state index contributed by atoms with van der Waals surface area (Å²) in [5.74, 6) is 0.0654. The normalized spacial score (nSPS) is 10.2. The summed E-state index contributed by atoms with van der Waals surface area (Å²) in [6, 6.07) is 7.88. The van der Waals surface area contributed by atoms with Crippen molar-refractivity contribution in [2.45, 2.75) is 39.8 Å². The number of carbonyl (C=O) groups is 1. The molecule has 88 valence electrons. The van der Waals surface area contributed by atoms with Crippen molar-refractivity contribution in [3.63, 3.8) is 0 Å². The Balaban J connectivity index is 0.00000256. The molecule has 0 heterocycles. The minimum absolute atomic E-state index is 0. The molecule has 0 saturated carbocycles. The molecule has 0 N–H and O–H groups in total. The Kier molecular flexibility index (Phi) is 6.45. The number of benzene rings is 1. The van der Waals surface area contributed by atoms with Gasteiger partial charge in [0.05, 0.1) is 0 Å². The van der Waals surface area contributed by atoms with Crippen molar-refractivity contribution in [1.82, 2.24) is 4.90 Å². The van der Waals surface area contributed by atoms with Crippen LogP contribution in [0.15, 0.2) is 24.3 Å². The fraction of sp³-hybridized carbons (Fsp3) is 0.429. The smallest absolute Gasteiger partial charge is 0.344 e. The number of nitrogens with zero attached hydrogens (tertiary/aromatic N) is 1. The Morgan fingerprint density at radius 1 is 1.12 bits per heavy atom. The fourth-order valence-corrected chi connectivity index (χ4v) is 1.93. The van der Waals surface area contributed by atoms with Crippen LogP contribution in [0.3, 0.4) is 0 Å². The maximum atomic E-state index is 12.3. The summed E-state index contributed by atoms with van der Waals surface area (Å²) in [5, 5.41) is 0. The third-order valence-electron chi connectivity index (χ3n) is 2.59. The third-order valence-corrected chi connectivity index (χ3v) is 2.59. The van der Waals surface area contributed by atoms with Gasteiger partial charge in [-0.05, 0) is 27.7 Å². The van der Waals surface area contributed by atoms with Crippen LogP contribution in [0.2, 0.25) is 0 Å². The second kappa shape index (κ2) is 6.79. The van der Waals surface area contributed by atoms with Crippen molar-refractivity contribution in [1.29, 1.82) is 0 Å². The molecule has 0 fully saturated rings. The Morgan fingerprint density at radius 3 is 2.00 bits per heavy atom. The molecule has 0 radical (unpaired) electrons. The second-order valence-electron chi connectivity index (χ2n) is 4.56. The van der Waals surface area contributed by atoms with E-state index in [0.717, 1.165) is 5.56 Å². The van der Waals surface area contributed by atoms with Crippen LogP contribution in [0.25, 0.3) is 0 Å². The molecule has 0 unspecified atom stereocenters. The predicted molar refractivity (Wildman–Crippen MR) is 67.3 cm³/mol. The van der Waals surface area contributed by atoms with Gasteiger partial charge in [0, 0.05) is 12.1 Å². The zero-order chi connectivity index (χ0) is 12.3. The van der Waals surface area contributed by atoms with Crippen LogP contribution in [0, 0.1) is 6.92 Å². The summed E-state index contributed by atoms with van der Waals surface area (Å²) in [6.45, 7) is 12.0. The molecule has 1 rings (SSSR count). The van der Waals surface area contributed by atoms with E-state index in [0.29, 0.717) is 5.56 Å². The molecule has 0 aliphatic heterocycles. The van der Waals surface area contributed by atoms with Gasteiger partial charge in [0.2, 0.25) is 0 Å². The number of hydrogen-bond acceptors (Lipinski definition) is 1. The summed E-state index contributed by atoms with van der Waals surface area (Å²) in [4.78, 5) is 14.2. The molecule has 0 aliphatic carbocycles. The first-order chi connectivity index (χ1) is 7.45. The molecule has 2 nitrogen and oxygen atoms in total. The number of rotatable bonds is 3. The summed E-state index contributed by atoms with van der Waals surface area (Å²) in [7, 11) is 0. The van der Waals surface area contributed by atoms with Crippen LogP contribution in [0.1, 0.15) is 43.6 Å². The van der Waals surface area contributed by atoms with Crippen molar-refractivity contribution in [3.05, 3.63) is 42.3 Å². The summed E-state index contributed by atoms with van der Waals surface area (Å²) >= 11 is 0. The zero-order valence-corrected chi connectivity index (χ0v) is 11.5. The molecule has 0 atom stereocenters. The molecule has 1 aromatic carbocycles. The first-order valence-corrected chi connectivity index (χ1v) is 5.68. The molecular weight excluding hydrogens is 205 g/mol. The molecule has 0 spiro atoms. The maximum absolute atomic E-state index is 12.3. The van der Waals surface area contributed by atoms with Crippen molar-refractivity contribution in [2.75, 3.05) is 0 Å². The van der Waals surface area contributed by atoms with Gasteiger partial charge in [0.25, 0.3) is 0 Å². The molecule has 1 aromatic rings. The van der Waals surface area contributed by atoms with Gasteiger partial charge >= 0.3 is 18.9 Å². The van der Waals surface area contributed by atoms with Crippen LogP contribution >= 0.6 is 0 Å². The van der Waals surface area contributed by atoms with Crippen molar-refractivity contribution in [3.8, 4) is 0 Å². The minimum Gasteiger partial charge on any atom is -0.344 e. The molecule has 0 aromatic heterocycles. The molecule has 0 aliphatic rings. The first kappa shape index (κ1) is 16.2. The number of hydrogen-bond donors (Lipinski definition) is 0. The van der Waals surface area contributed by atoms with Crippen LogP contribution in [-0.2, 0) is 0 Å². The Morgan fingerprint density at radius 2 is 1.59 bits per heavy atom. The van der Waals surface area contributed by atoms with Crippen LogP contribution in [0.4, 0.5) is 0 Å². The van der Waals surface area contributed by atoms with E-state index in [-0.39, 0.29) is 36.9 Å². The van der Waals surface area contributed by atoms with Gasteiger partial charge in [0.15, 0.2) is 5.91 Å². The fourth-order valence-electron chi connectivity index (χ4n) is 1.93. The monoisotopic (exact) mass is 225 g/mol. The van der Waals surface area contributed by atoms with E-state index in [9.17, 15) is 4.79 Å². The van der Waals surface area contributed by atoms with Crippen LogP contribution in [0.5, 0.6) is 0 Å². The Bertz CT molecular complexity index is 366. The van der Waals surface area contributed by atoms with E-state index in [4.69, 9.17) is 0 Å². The van der Waals surface area contributed by atoms with Gasteiger partial charge in [-0.1, -0.05) is 11.6 Å². The van der Waals surface area contributed by atoms with E-state index in [1.54, 1.807) is 0 Å². The molecule has 17 heavy (non-hydrogen) atoms. The van der Waals surface area contributed by atoms with E-state index >= 15 is 0 Å². The van der Waals surface area contributed by atoms with E-state index in [1.807, 2.05) is 56.9 Å². The van der Waals surface area contributed by atoms with Crippen LogP contribution in [-0.4, -0.2) is 22.9 Å². The van der Waals surface area contributed by atoms with Crippen LogP contribution < -0.4 is 18.9 Å². The third kappa shape index (κ3) is 3.84. The topological polar surface area (TPSA) is 20.3 Å². The first-order valence-electron chi connectivity index (χ1n) is 5.68. The van der Waals surface area contributed by atoms with Crippen molar-refractivity contribution < 1.29 is 23.7 Å². The van der Waals surface area contributed by atoms with Gasteiger partial charge in [-0.2, -0.15) is 18.6 Å². The van der Waals surface area contributed by atoms with Gasteiger partial charge in [-0.15, -0.1) is 12.1 Å². The average molecular weight is 225 g/mol. The minimum atomic E-state index is 0. The summed E-state index contributed by atoms with van der Waals surface area (Å²) in [6.07, 6.45) is 0. The summed E-state index contributed by atoms with van der Waals surface area (Å²) < 4.78 is 0. The number of amides is 1. The molecule has 0 saturated heterocycles. The zero-order valence-electron chi connectivity index (χ0n) is 11.5. The van der Waals surface area contributed by atoms with Crippen molar-refractivity contribution in [2.24, 2.45) is 0 Å². The van der Waals surface area contributed by atoms with Crippen molar-refractivity contribution >= 4 is 5.91 Å². The standard InChI is InChI=1S/C14H20NO.Li/c1-10(2)15(11(3)4)14(16)13-9-7-6-8-12(13)5;/h6-11H,5H2,1-4H3;/q-1;+1. The Hall–Kier alpha value is -0.843. The van der Waals surface area contributed by atoms with Gasteiger partial charge in [-0.25, -0.2) is 0 Å². The van der Waals surface area contributed by atoms with Gasteiger partial charge < -0.3 is 4.90 Å². The van der Waals surface area contributed by atoms with Gasteiger partial charge in [-0.3, -0.25) is 4.79 Å². The second-order valence-corrected chi connectivity index (χ2v) is 4.56. The maximum Gasteiger partial charge on any atom is 1.00 e. The SMILES string of the molecule is [CH2-]c1ccccc1C(=O)N(C(C)C)C(C)C.[Li+]. The molecule has 1 amide bonds. The van der Waals surface area contributed by atoms with Gasteiger partial charge in [0.1, 0.15) is 0 Å². The quantitative estimate of drug-likeness (QED) is 0.529. The molecular formula is C14H20LiNO. The molecule has 0 bridgehead atoms. The average Bonchev–Trinajstić information content (AvgIpc) is 2.16. The largest absolute Gasteiger partial charge is 1.00 e. The van der Waals surface area contributed by atoms with E-state index in [2.05, 4.69) is 6.92 Å². The Labute approximate surface area is 117 Å². The molecule has 3 heteroatoms. The number of carbonyl (C=O) groups excluding carboxylic acids is 1. The van der Waals surface area contributed by atoms with E-state index in [1.165, 1.54) is 0 Å². The summed E-state index contributed by atoms with van der Waals surface area (Å²) in [5.41, 5.74) is 1.49.